The predicted molar refractivity (Wildman–Crippen MR) is 84.4 cm³/mol. The molecule has 0 heterocycles. The molecule has 2 nitrogen and oxygen atoms in total. The van der Waals surface area contributed by atoms with Crippen LogP contribution in [0.1, 0.15) is 29.8 Å². The molecular formula is C18H21NO. The number of carbonyl (C=O) groups excluding carboxylic acids is 1. The van der Waals surface area contributed by atoms with Crippen molar-refractivity contribution in [1.29, 1.82) is 0 Å². The molecule has 2 aromatic rings. The van der Waals surface area contributed by atoms with Crippen LogP contribution in [0.25, 0.3) is 0 Å². The van der Waals surface area contributed by atoms with Crippen LogP contribution in [0.3, 0.4) is 0 Å². The van der Waals surface area contributed by atoms with Crippen molar-refractivity contribution in [2.24, 2.45) is 0 Å². The average molecular weight is 267 g/mol. The molecule has 0 bridgehead atoms. The Morgan fingerprint density at radius 3 is 2.40 bits per heavy atom. The number of benzene rings is 2. The van der Waals surface area contributed by atoms with E-state index in [1.165, 1.54) is 5.56 Å². The summed E-state index contributed by atoms with van der Waals surface area (Å²) in [5.41, 5.74) is 3.08. The van der Waals surface area contributed by atoms with E-state index >= 15 is 0 Å². The number of hydrogen-bond donors (Lipinski definition) is 0. The van der Waals surface area contributed by atoms with E-state index in [-0.39, 0.29) is 11.8 Å². The molecule has 0 radical (unpaired) electrons. The smallest absolute Gasteiger partial charge is 0.184 e. The maximum absolute atomic E-state index is 12.6. The van der Waals surface area contributed by atoms with Gasteiger partial charge in [-0.15, -0.1) is 0 Å². The highest BCUT2D eigenvalue weighted by Crippen LogP contribution is 2.20. The SMILES string of the molecule is CCN(c1cccc(C)c1)C(C)C(=O)c1ccccc1. The van der Waals surface area contributed by atoms with E-state index in [0.717, 1.165) is 17.8 Å². The molecular weight excluding hydrogens is 246 g/mol. The monoisotopic (exact) mass is 267 g/mol. The van der Waals surface area contributed by atoms with Crippen molar-refractivity contribution in [2.45, 2.75) is 26.8 Å². The van der Waals surface area contributed by atoms with Gasteiger partial charge in [-0.2, -0.15) is 0 Å². The summed E-state index contributed by atoms with van der Waals surface area (Å²) in [6.07, 6.45) is 0. The lowest BCUT2D eigenvalue weighted by atomic mass is 10.0. The Morgan fingerprint density at radius 1 is 1.10 bits per heavy atom. The van der Waals surface area contributed by atoms with Crippen LogP contribution in [0.4, 0.5) is 5.69 Å². The number of nitrogens with zero attached hydrogens (tertiary/aromatic N) is 1. The lowest BCUT2D eigenvalue weighted by molar-refractivity contribution is 0.0964. The van der Waals surface area contributed by atoms with E-state index < -0.39 is 0 Å². The number of Topliss-reactive ketones (excluding diaryl/α,β-unsaturated/α-hetero) is 1. The summed E-state index contributed by atoms with van der Waals surface area (Å²) in [4.78, 5) is 14.7. The second-order valence-electron chi connectivity index (χ2n) is 5.03. The van der Waals surface area contributed by atoms with Crippen molar-refractivity contribution >= 4 is 11.5 Å². The zero-order valence-electron chi connectivity index (χ0n) is 12.3. The molecule has 0 N–H and O–H groups in total. The quantitative estimate of drug-likeness (QED) is 0.760. The van der Waals surface area contributed by atoms with Gasteiger partial charge in [-0.05, 0) is 38.5 Å². The van der Waals surface area contributed by atoms with E-state index in [1.807, 2.05) is 43.3 Å². The molecule has 0 spiro atoms. The molecule has 0 aromatic heterocycles. The van der Waals surface area contributed by atoms with Gasteiger partial charge in [-0.3, -0.25) is 4.79 Å². The van der Waals surface area contributed by atoms with Crippen molar-refractivity contribution in [2.75, 3.05) is 11.4 Å². The second-order valence-corrected chi connectivity index (χ2v) is 5.03. The topological polar surface area (TPSA) is 20.3 Å². The van der Waals surface area contributed by atoms with Gasteiger partial charge in [0, 0.05) is 17.8 Å². The summed E-state index contributed by atoms with van der Waals surface area (Å²) < 4.78 is 0. The Morgan fingerprint density at radius 2 is 1.80 bits per heavy atom. The highest BCUT2D eigenvalue weighted by atomic mass is 16.1. The minimum atomic E-state index is -0.163. The molecule has 0 aliphatic heterocycles. The van der Waals surface area contributed by atoms with Crippen molar-refractivity contribution in [1.82, 2.24) is 0 Å². The average Bonchev–Trinajstić information content (AvgIpc) is 2.48. The first-order valence-corrected chi connectivity index (χ1v) is 7.06. The minimum Gasteiger partial charge on any atom is -0.362 e. The molecule has 2 heteroatoms. The number of hydrogen-bond acceptors (Lipinski definition) is 2. The third-order valence-corrected chi connectivity index (χ3v) is 3.58. The summed E-state index contributed by atoms with van der Waals surface area (Å²) in [5, 5.41) is 0. The fourth-order valence-corrected chi connectivity index (χ4v) is 2.47. The van der Waals surface area contributed by atoms with Crippen LogP contribution in [0, 0.1) is 6.92 Å². The molecule has 1 unspecified atom stereocenters. The maximum Gasteiger partial charge on any atom is 0.184 e. The predicted octanol–water partition coefficient (Wildman–Crippen LogP) is 4.09. The summed E-state index contributed by atoms with van der Waals surface area (Å²) in [5.74, 6) is 0.161. The Labute approximate surface area is 121 Å². The highest BCUT2D eigenvalue weighted by molar-refractivity contribution is 6.01. The molecule has 2 aromatic carbocycles. The minimum absolute atomic E-state index is 0.161. The van der Waals surface area contributed by atoms with Gasteiger partial charge in [-0.25, -0.2) is 0 Å². The van der Waals surface area contributed by atoms with E-state index in [9.17, 15) is 4.79 Å². The number of rotatable bonds is 5. The van der Waals surface area contributed by atoms with Gasteiger partial charge >= 0.3 is 0 Å². The molecule has 0 fully saturated rings. The number of carbonyl (C=O) groups is 1. The van der Waals surface area contributed by atoms with Crippen molar-refractivity contribution in [3.63, 3.8) is 0 Å². The lowest BCUT2D eigenvalue weighted by Crippen LogP contribution is -2.39. The van der Waals surface area contributed by atoms with Crippen LogP contribution < -0.4 is 4.90 Å². The van der Waals surface area contributed by atoms with Crippen LogP contribution >= 0.6 is 0 Å². The van der Waals surface area contributed by atoms with Gasteiger partial charge in [-0.1, -0.05) is 42.5 Å². The fourth-order valence-electron chi connectivity index (χ4n) is 2.47. The number of likely N-dealkylation sites (N-methyl/N-ethyl adjacent to an activating group) is 1. The van der Waals surface area contributed by atoms with Gasteiger partial charge in [0.2, 0.25) is 0 Å². The summed E-state index contributed by atoms with van der Waals surface area (Å²) in [6, 6.07) is 17.6. The largest absolute Gasteiger partial charge is 0.362 e. The van der Waals surface area contributed by atoms with Crippen LogP contribution in [0.15, 0.2) is 54.6 Å². The zero-order chi connectivity index (χ0) is 14.5. The first-order chi connectivity index (χ1) is 9.63. The third-order valence-electron chi connectivity index (χ3n) is 3.58. The standard InChI is InChI=1S/C18H21NO/c1-4-19(17-12-8-9-14(2)13-17)15(3)18(20)16-10-6-5-7-11-16/h5-13,15H,4H2,1-3H3. The van der Waals surface area contributed by atoms with Crippen molar-refractivity contribution < 1.29 is 4.79 Å². The van der Waals surface area contributed by atoms with E-state index in [2.05, 4.69) is 36.9 Å². The highest BCUT2D eigenvalue weighted by Gasteiger charge is 2.21. The van der Waals surface area contributed by atoms with E-state index in [1.54, 1.807) is 0 Å². The molecule has 0 saturated carbocycles. The molecule has 0 saturated heterocycles. The third kappa shape index (κ3) is 3.08. The molecule has 104 valence electrons. The van der Waals surface area contributed by atoms with Gasteiger partial charge < -0.3 is 4.90 Å². The number of anilines is 1. The molecule has 0 aliphatic carbocycles. The molecule has 1 atom stereocenters. The Hall–Kier alpha value is -2.09. The number of ketones is 1. The normalized spacial score (nSPS) is 11.9. The Kier molecular flexibility index (Phi) is 4.57. The Bertz CT molecular complexity index is 577. The van der Waals surface area contributed by atoms with Gasteiger partial charge in [0.1, 0.15) is 0 Å². The first-order valence-electron chi connectivity index (χ1n) is 7.06. The van der Waals surface area contributed by atoms with Crippen molar-refractivity contribution in [3.05, 3.63) is 65.7 Å². The van der Waals surface area contributed by atoms with Crippen molar-refractivity contribution in [3.8, 4) is 0 Å². The summed E-state index contributed by atoms with van der Waals surface area (Å²) in [6.45, 7) is 6.93. The van der Waals surface area contributed by atoms with Crippen LogP contribution in [-0.2, 0) is 0 Å². The van der Waals surface area contributed by atoms with Gasteiger partial charge in [0.25, 0.3) is 0 Å². The first kappa shape index (κ1) is 14.3. The van der Waals surface area contributed by atoms with Crippen LogP contribution in [0.5, 0.6) is 0 Å². The zero-order valence-corrected chi connectivity index (χ0v) is 12.3. The van der Waals surface area contributed by atoms with Gasteiger partial charge in [0.05, 0.1) is 6.04 Å². The summed E-state index contributed by atoms with van der Waals surface area (Å²) in [7, 11) is 0. The fraction of sp³-hybridized carbons (Fsp3) is 0.278. The summed E-state index contributed by atoms with van der Waals surface area (Å²) >= 11 is 0. The van der Waals surface area contributed by atoms with Crippen LogP contribution in [-0.4, -0.2) is 18.4 Å². The molecule has 2 rings (SSSR count). The van der Waals surface area contributed by atoms with Crippen LogP contribution in [0.2, 0.25) is 0 Å². The second kappa shape index (κ2) is 6.38. The van der Waals surface area contributed by atoms with Gasteiger partial charge in [0.15, 0.2) is 5.78 Å². The molecule has 20 heavy (non-hydrogen) atoms. The maximum atomic E-state index is 12.6. The lowest BCUT2D eigenvalue weighted by Gasteiger charge is -2.29. The molecule has 0 aliphatic rings. The van der Waals surface area contributed by atoms with E-state index in [0.29, 0.717) is 0 Å². The molecule has 0 amide bonds. The Balaban J connectivity index is 2.26. The number of aryl methyl sites for hydroxylation is 1. The van der Waals surface area contributed by atoms with E-state index in [4.69, 9.17) is 0 Å².